The zero-order chi connectivity index (χ0) is 9.83. The van der Waals surface area contributed by atoms with Gasteiger partial charge in [0.1, 0.15) is 0 Å². The van der Waals surface area contributed by atoms with Gasteiger partial charge >= 0.3 is 8.72 Å². The van der Waals surface area contributed by atoms with Crippen molar-refractivity contribution in [1.29, 1.82) is 0 Å². The van der Waals surface area contributed by atoms with Gasteiger partial charge in [-0.3, -0.25) is 4.98 Å². The molecule has 0 fully saturated rings. The molecule has 0 saturated carbocycles. The van der Waals surface area contributed by atoms with E-state index >= 15 is 0 Å². The number of hydrogen-bond donors (Lipinski definition) is 4. The molecule has 5 heteroatoms. The molecule has 4 N–H and O–H groups in total. The minimum absolute atomic E-state index is 0.112. The number of hydrogen-bond acceptors (Lipinski definition) is 4. The van der Waals surface area contributed by atoms with Crippen molar-refractivity contribution in [3.63, 3.8) is 0 Å². The molecule has 0 heterocycles. The van der Waals surface area contributed by atoms with Gasteiger partial charge in [-0.05, 0) is 41.9 Å². The Labute approximate surface area is 76.8 Å². The molecule has 0 saturated heterocycles. The second kappa shape index (κ2) is 4.34. The van der Waals surface area contributed by atoms with Crippen LogP contribution in [-0.4, -0.2) is 35.4 Å². The molecule has 0 bridgehead atoms. The van der Waals surface area contributed by atoms with E-state index in [1.165, 1.54) is 0 Å². The van der Waals surface area contributed by atoms with Crippen molar-refractivity contribution in [1.82, 2.24) is 19.9 Å². The molecule has 0 unspecified atom stereocenters. The van der Waals surface area contributed by atoms with Crippen molar-refractivity contribution in [3.05, 3.63) is 0 Å². The smallest absolute Gasteiger partial charge is 0.303 e. The van der Waals surface area contributed by atoms with Crippen LogP contribution in [0.15, 0.2) is 0 Å². The Morgan fingerprint density at radius 2 is 1.17 bits per heavy atom. The molecule has 74 valence electrons. The summed E-state index contributed by atoms with van der Waals surface area (Å²) in [5.74, 6) is 0. The molecule has 0 atom stereocenters. The maximum absolute atomic E-state index is 3.52. The fourth-order valence-corrected chi connectivity index (χ4v) is 3.38. The maximum atomic E-state index is 3.52. The molecule has 0 aromatic carbocycles. The summed E-state index contributed by atoms with van der Waals surface area (Å²) in [6, 6.07) is 0. The molecule has 0 radical (unpaired) electrons. The lowest BCUT2D eigenvalue weighted by molar-refractivity contribution is 0.492. The molecule has 0 spiro atoms. The van der Waals surface area contributed by atoms with Gasteiger partial charge in [0.2, 0.25) is 0 Å². The highest BCUT2D eigenvalue weighted by molar-refractivity contribution is 6.70. The van der Waals surface area contributed by atoms with Gasteiger partial charge in [-0.15, -0.1) is 0 Å². The van der Waals surface area contributed by atoms with Crippen LogP contribution >= 0.6 is 0 Å². The minimum Gasteiger partial charge on any atom is -0.303 e. The van der Waals surface area contributed by atoms with E-state index in [0.717, 1.165) is 0 Å². The van der Waals surface area contributed by atoms with E-state index < -0.39 is 8.72 Å². The van der Waals surface area contributed by atoms with Crippen molar-refractivity contribution < 1.29 is 0 Å². The van der Waals surface area contributed by atoms with Crippen LogP contribution in [0.1, 0.15) is 20.8 Å². The first-order valence-corrected chi connectivity index (χ1v) is 6.25. The Kier molecular flexibility index (Phi) is 4.36. The minimum atomic E-state index is -1.85. The van der Waals surface area contributed by atoms with E-state index in [-0.39, 0.29) is 5.54 Å². The predicted octanol–water partition coefficient (Wildman–Crippen LogP) is -0.532. The van der Waals surface area contributed by atoms with Gasteiger partial charge in [0.15, 0.2) is 0 Å². The SMILES string of the molecule is CN[Si](NC)(NC)NC(C)(C)C. The Morgan fingerprint density at radius 1 is 0.833 bits per heavy atom. The van der Waals surface area contributed by atoms with Crippen molar-refractivity contribution in [2.45, 2.75) is 26.3 Å². The largest absolute Gasteiger partial charge is 0.365 e. The van der Waals surface area contributed by atoms with Crippen molar-refractivity contribution in [2.75, 3.05) is 21.1 Å². The Bertz CT molecular complexity index is 120. The zero-order valence-electron chi connectivity index (χ0n) is 9.00. The van der Waals surface area contributed by atoms with Crippen LogP contribution in [0.25, 0.3) is 0 Å². The summed E-state index contributed by atoms with van der Waals surface area (Å²) in [5.41, 5.74) is 0.112. The second-order valence-corrected chi connectivity index (χ2v) is 7.12. The van der Waals surface area contributed by atoms with E-state index in [1.54, 1.807) is 0 Å². The third-order valence-corrected chi connectivity index (χ3v) is 5.06. The van der Waals surface area contributed by atoms with Gasteiger partial charge < -0.3 is 14.9 Å². The van der Waals surface area contributed by atoms with Gasteiger partial charge in [0.05, 0.1) is 0 Å². The van der Waals surface area contributed by atoms with Gasteiger partial charge in [0.25, 0.3) is 0 Å². The molecule has 4 nitrogen and oxygen atoms in total. The van der Waals surface area contributed by atoms with Crippen molar-refractivity contribution >= 4 is 8.72 Å². The van der Waals surface area contributed by atoms with Gasteiger partial charge in [0, 0.05) is 5.54 Å². The monoisotopic (exact) mass is 190 g/mol. The summed E-state index contributed by atoms with van der Waals surface area (Å²) >= 11 is 0. The van der Waals surface area contributed by atoms with Crippen LogP contribution < -0.4 is 19.9 Å². The first-order chi connectivity index (χ1) is 5.39. The molecular weight excluding hydrogens is 168 g/mol. The van der Waals surface area contributed by atoms with Crippen LogP contribution in [0, 0.1) is 0 Å². The van der Waals surface area contributed by atoms with Crippen molar-refractivity contribution in [2.24, 2.45) is 0 Å². The van der Waals surface area contributed by atoms with Gasteiger partial charge in [-0.2, -0.15) is 0 Å². The molecule has 0 aromatic rings. The lowest BCUT2D eigenvalue weighted by atomic mass is 10.1. The summed E-state index contributed by atoms with van der Waals surface area (Å²) in [7, 11) is 4.02. The fraction of sp³-hybridized carbons (Fsp3) is 1.00. The van der Waals surface area contributed by atoms with Crippen molar-refractivity contribution in [3.8, 4) is 0 Å². The standard InChI is InChI=1S/C7H22N4Si/c1-7(2,3)11-12(8-4,9-5)10-6/h8-11H,1-6H3. The van der Waals surface area contributed by atoms with Crippen LogP contribution in [0.2, 0.25) is 0 Å². The molecule has 0 rings (SSSR count). The quantitative estimate of drug-likeness (QED) is 0.450. The molecule has 0 aliphatic rings. The molecule has 0 aliphatic carbocycles. The summed E-state index contributed by atoms with van der Waals surface area (Å²) in [6.45, 7) is 6.46. The first kappa shape index (κ1) is 12.1. The topological polar surface area (TPSA) is 48.1 Å². The van der Waals surface area contributed by atoms with Gasteiger partial charge in [-0.25, -0.2) is 0 Å². The third kappa shape index (κ3) is 3.64. The summed E-state index contributed by atoms with van der Waals surface area (Å²) < 4.78 is 0. The van der Waals surface area contributed by atoms with E-state index in [1.807, 2.05) is 21.1 Å². The van der Waals surface area contributed by atoms with E-state index in [4.69, 9.17) is 0 Å². The van der Waals surface area contributed by atoms with Crippen LogP contribution in [0.4, 0.5) is 0 Å². The molecule has 0 aliphatic heterocycles. The molecule has 0 aromatic heterocycles. The highest BCUT2D eigenvalue weighted by atomic mass is 28.4. The van der Waals surface area contributed by atoms with E-state index in [9.17, 15) is 0 Å². The Balaban J connectivity index is 4.30. The second-order valence-electron chi connectivity index (χ2n) is 3.88. The van der Waals surface area contributed by atoms with E-state index in [2.05, 4.69) is 40.7 Å². The summed E-state index contributed by atoms with van der Waals surface area (Å²) in [5, 5.41) is 0. The lowest BCUT2D eigenvalue weighted by Crippen LogP contribution is -2.81. The summed E-state index contributed by atoms with van der Waals surface area (Å²) in [6.07, 6.45) is 0. The lowest BCUT2D eigenvalue weighted by Gasteiger charge is -2.36. The molecule has 12 heavy (non-hydrogen) atoms. The average Bonchev–Trinajstić information content (AvgIpc) is 1.99. The van der Waals surface area contributed by atoms with Crippen LogP contribution in [0.5, 0.6) is 0 Å². The maximum Gasteiger partial charge on any atom is 0.365 e. The Hall–Kier alpha value is 0.0569. The first-order valence-electron chi connectivity index (χ1n) is 4.25. The highest BCUT2D eigenvalue weighted by Gasteiger charge is 2.33. The Morgan fingerprint density at radius 3 is 1.25 bits per heavy atom. The zero-order valence-corrected chi connectivity index (χ0v) is 10.0. The molecular formula is C7H22N4Si. The number of nitrogens with one attached hydrogen (secondary N) is 4. The van der Waals surface area contributed by atoms with Crippen LogP contribution in [0.3, 0.4) is 0 Å². The van der Waals surface area contributed by atoms with E-state index in [0.29, 0.717) is 0 Å². The molecule has 0 amide bonds. The van der Waals surface area contributed by atoms with Gasteiger partial charge in [-0.1, -0.05) is 0 Å². The number of rotatable bonds is 4. The normalized spacial score (nSPS) is 13.5. The van der Waals surface area contributed by atoms with Crippen LogP contribution in [-0.2, 0) is 0 Å². The highest BCUT2D eigenvalue weighted by Crippen LogP contribution is 2.00. The fourth-order valence-electron chi connectivity index (χ4n) is 1.12. The summed E-state index contributed by atoms with van der Waals surface area (Å²) in [4.78, 5) is 13.4. The average molecular weight is 190 g/mol. The predicted molar refractivity (Wildman–Crippen MR) is 55.8 cm³/mol. The third-order valence-electron chi connectivity index (χ3n) is 1.69.